The number of benzene rings is 1. The standard InChI is InChI=1S/C11H15NO2/c1-8(7-11(13)14)6-9-2-4-10(12)5-3-9/h2-5,8H,6-7,12H2,1H3,(H,13,14)/t8-/m0/s1. The van der Waals surface area contributed by atoms with Crippen LogP contribution in [0.1, 0.15) is 18.9 Å². The summed E-state index contributed by atoms with van der Waals surface area (Å²) in [5.41, 5.74) is 7.41. The van der Waals surface area contributed by atoms with E-state index >= 15 is 0 Å². The molecule has 0 bridgehead atoms. The summed E-state index contributed by atoms with van der Waals surface area (Å²) >= 11 is 0. The van der Waals surface area contributed by atoms with E-state index in [0.717, 1.165) is 17.7 Å². The molecule has 0 aromatic heterocycles. The maximum atomic E-state index is 10.4. The van der Waals surface area contributed by atoms with Crippen molar-refractivity contribution in [1.29, 1.82) is 0 Å². The fraction of sp³-hybridized carbons (Fsp3) is 0.364. The molecule has 0 unspecified atom stereocenters. The Morgan fingerprint density at radius 3 is 2.50 bits per heavy atom. The number of carboxylic acids is 1. The van der Waals surface area contributed by atoms with E-state index in [4.69, 9.17) is 10.8 Å². The molecule has 0 saturated heterocycles. The van der Waals surface area contributed by atoms with E-state index in [1.54, 1.807) is 0 Å². The molecule has 3 nitrogen and oxygen atoms in total. The van der Waals surface area contributed by atoms with Crippen molar-refractivity contribution in [3.63, 3.8) is 0 Å². The first-order chi connectivity index (χ1) is 6.58. The minimum atomic E-state index is -0.743. The fourth-order valence-corrected chi connectivity index (χ4v) is 1.43. The zero-order chi connectivity index (χ0) is 10.6. The van der Waals surface area contributed by atoms with Crippen LogP contribution in [0.2, 0.25) is 0 Å². The van der Waals surface area contributed by atoms with Gasteiger partial charge in [-0.15, -0.1) is 0 Å². The van der Waals surface area contributed by atoms with Gasteiger partial charge in [-0.3, -0.25) is 4.79 Å². The van der Waals surface area contributed by atoms with Gasteiger partial charge in [-0.2, -0.15) is 0 Å². The normalized spacial score (nSPS) is 12.4. The summed E-state index contributed by atoms with van der Waals surface area (Å²) < 4.78 is 0. The zero-order valence-electron chi connectivity index (χ0n) is 8.23. The quantitative estimate of drug-likeness (QED) is 0.718. The molecular weight excluding hydrogens is 178 g/mol. The molecule has 0 spiro atoms. The largest absolute Gasteiger partial charge is 0.481 e. The van der Waals surface area contributed by atoms with Crippen molar-refractivity contribution in [3.05, 3.63) is 29.8 Å². The average molecular weight is 193 g/mol. The second-order valence-corrected chi connectivity index (χ2v) is 3.65. The Morgan fingerprint density at radius 2 is 2.00 bits per heavy atom. The van der Waals surface area contributed by atoms with Gasteiger partial charge in [0.1, 0.15) is 0 Å². The number of nitrogens with two attached hydrogens (primary N) is 1. The first-order valence-electron chi connectivity index (χ1n) is 4.64. The molecule has 3 N–H and O–H groups in total. The lowest BCUT2D eigenvalue weighted by molar-refractivity contribution is -0.137. The van der Waals surface area contributed by atoms with E-state index in [-0.39, 0.29) is 12.3 Å². The SMILES string of the molecule is C[C@H](CC(=O)O)Cc1ccc(N)cc1. The van der Waals surface area contributed by atoms with Gasteiger partial charge >= 0.3 is 5.97 Å². The van der Waals surface area contributed by atoms with Crippen molar-refractivity contribution in [2.24, 2.45) is 5.92 Å². The summed E-state index contributed by atoms with van der Waals surface area (Å²) in [6.07, 6.45) is 0.997. The third-order valence-corrected chi connectivity index (χ3v) is 2.09. The minimum absolute atomic E-state index is 0.163. The lowest BCUT2D eigenvalue weighted by atomic mass is 9.98. The average Bonchev–Trinajstić information content (AvgIpc) is 2.07. The molecule has 3 heteroatoms. The Kier molecular flexibility index (Phi) is 3.51. The van der Waals surface area contributed by atoms with Crippen molar-refractivity contribution in [3.8, 4) is 0 Å². The third kappa shape index (κ3) is 3.47. The lowest BCUT2D eigenvalue weighted by Gasteiger charge is -2.08. The number of anilines is 1. The van der Waals surface area contributed by atoms with E-state index in [9.17, 15) is 4.79 Å². The summed E-state index contributed by atoms with van der Waals surface area (Å²) in [5.74, 6) is -0.580. The highest BCUT2D eigenvalue weighted by molar-refractivity contribution is 5.67. The van der Waals surface area contributed by atoms with Crippen LogP contribution in [0.25, 0.3) is 0 Å². The molecule has 0 aliphatic heterocycles. The summed E-state index contributed by atoms with van der Waals surface area (Å²) in [6.45, 7) is 1.93. The van der Waals surface area contributed by atoms with Gasteiger partial charge in [-0.05, 0) is 30.0 Å². The highest BCUT2D eigenvalue weighted by Gasteiger charge is 2.07. The highest BCUT2D eigenvalue weighted by Crippen LogP contribution is 2.13. The number of rotatable bonds is 4. The van der Waals surface area contributed by atoms with Gasteiger partial charge in [0.05, 0.1) is 0 Å². The second-order valence-electron chi connectivity index (χ2n) is 3.65. The second kappa shape index (κ2) is 4.65. The molecule has 0 fully saturated rings. The van der Waals surface area contributed by atoms with Crippen LogP contribution in [0.5, 0.6) is 0 Å². The van der Waals surface area contributed by atoms with Gasteiger partial charge in [-0.25, -0.2) is 0 Å². The molecule has 0 aliphatic rings. The molecular formula is C11H15NO2. The van der Waals surface area contributed by atoms with E-state index in [1.165, 1.54) is 0 Å². The highest BCUT2D eigenvalue weighted by atomic mass is 16.4. The molecule has 0 heterocycles. The first-order valence-corrected chi connectivity index (χ1v) is 4.64. The van der Waals surface area contributed by atoms with Gasteiger partial charge in [0.2, 0.25) is 0 Å². The Hall–Kier alpha value is -1.51. The number of hydrogen-bond acceptors (Lipinski definition) is 2. The van der Waals surface area contributed by atoms with Crippen LogP contribution in [0, 0.1) is 5.92 Å². The van der Waals surface area contributed by atoms with E-state index in [0.29, 0.717) is 0 Å². The molecule has 0 radical (unpaired) electrons. The fourth-order valence-electron chi connectivity index (χ4n) is 1.43. The summed E-state index contributed by atoms with van der Waals surface area (Å²) in [5, 5.41) is 8.59. The van der Waals surface area contributed by atoms with Gasteiger partial charge < -0.3 is 10.8 Å². The number of carbonyl (C=O) groups is 1. The maximum Gasteiger partial charge on any atom is 0.303 e. The monoisotopic (exact) mass is 193 g/mol. The lowest BCUT2D eigenvalue weighted by Crippen LogP contribution is -2.06. The van der Waals surface area contributed by atoms with E-state index < -0.39 is 5.97 Å². The van der Waals surface area contributed by atoms with Crippen molar-refractivity contribution in [2.75, 3.05) is 5.73 Å². The summed E-state index contributed by atoms with van der Waals surface area (Å²) in [7, 11) is 0. The number of nitrogen functional groups attached to an aromatic ring is 1. The Morgan fingerprint density at radius 1 is 1.43 bits per heavy atom. The van der Waals surface area contributed by atoms with Crippen LogP contribution in [0.3, 0.4) is 0 Å². The van der Waals surface area contributed by atoms with Gasteiger partial charge in [0.15, 0.2) is 0 Å². The van der Waals surface area contributed by atoms with Crippen molar-refractivity contribution >= 4 is 11.7 Å². The van der Waals surface area contributed by atoms with E-state index in [2.05, 4.69) is 0 Å². The van der Waals surface area contributed by atoms with Crippen LogP contribution in [0.15, 0.2) is 24.3 Å². The van der Waals surface area contributed by atoms with Crippen LogP contribution < -0.4 is 5.73 Å². The predicted molar refractivity (Wildman–Crippen MR) is 56.0 cm³/mol. The molecule has 0 saturated carbocycles. The molecule has 1 aromatic carbocycles. The number of carboxylic acid groups (broad SMARTS) is 1. The van der Waals surface area contributed by atoms with Crippen LogP contribution in [-0.2, 0) is 11.2 Å². The smallest absolute Gasteiger partial charge is 0.303 e. The number of aliphatic carboxylic acids is 1. The third-order valence-electron chi connectivity index (χ3n) is 2.09. The first kappa shape index (κ1) is 10.6. The molecule has 14 heavy (non-hydrogen) atoms. The molecule has 0 amide bonds. The zero-order valence-corrected chi connectivity index (χ0v) is 8.23. The van der Waals surface area contributed by atoms with Gasteiger partial charge in [0, 0.05) is 12.1 Å². The van der Waals surface area contributed by atoms with Crippen LogP contribution in [-0.4, -0.2) is 11.1 Å². The number of hydrogen-bond donors (Lipinski definition) is 2. The summed E-state index contributed by atoms with van der Waals surface area (Å²) in [4.78, 5) is 10.4. The molecule has 1 rings (SSSR count). The Balaban J connectivity index is 2.51. The van der Waals surface area contributed by atoms with Gasteiger partial charge in [0.25, 0.3) is 0 Å². The van der Waals surface area contributed by atoms with Crippen molar-refractivity contribution < 1.29 is 9.90 Å². The molecule has 1 aromatic rings. The van der Waals surface area contributed by atoms with Crippen molar-refractivity contribution in [1.82, 2.24) is 0 Å². The maximum absolute atomic E-state index is 10.4. The predicted octanol–water partition coefficient (Wildman–Crippen LogP) is 1.92. The molecule has 0 aliphatic carbocycles. The Bertz CT molecular complexity index is 306. The summed E-state index contributed by atoms with van der Waals surface area (Å²) in [6, 6.07) is 7.55. The molecule has 76 valence electrons. The van der Waals surface area contributed by atoms with Crippen LogP contribution in [0.4, 0.5) is 5.69 Å². The topological polar surface area (TPSA) is 63.3 Å². The molecule has 1 atom stereocenters. The van der Waals surface area contributed by atoms with Gasteiger partial charge in [-0.1, -0.05) is 19.1 Å². The van der Waals surface area contributed by atoms with E-state index in [1.807, 2.05) is 31.2 Å². The minimum Gasteiger partial charge on any atom is -0.481 e. The Labute approximate surface area is 83.6 Å². The van der Waals surface area contributed by atoms with Crippen molar-refractivity contribution in [2.45, 2.75) is 19.8 Å². The van der Waals surface area contributed by atoms with Crippen LogP contribution >= 0.6 is 0 Å².